The molecule has 84 valence electrons. The lowest BCUT2D eigenvalue weighted by Gasteiger charge is -2.30. The van der Waals surface area contributed by atoms with E-state index in [0.717, 1.165) is 0 Å². The summed E-state index contributed by atoms with van der Waals surface area (Å²) >= 11 is 0. The van der Waals surface area contributed by atoms with Crippen molar-refractivity contribution in [2.45, 2.75) is 6.04 Å². The van der Waals surface area contributed by atoms with Gasteiger partial charge in [0.1, 0.15) is 0 Å². The molecule has 2 aliphatic rings. The normalized spacial score (nSPS) is 19.2. The zero-order valence-electron chi connectivity index (χ0n) is 8.48. The molecule has 0 amide bonds. The van der Waals surface area contributed by atoms with Crippen LogP contribution >= 0.6 is 24.8 Å². The van der Waals surface area contributed by atoms with Crippen LogP contribution in [0.4, 0.5) is 0 Å². The first-order chi connectivity index (χ1) is 6.95. The largest absolute Gasteiger partial charge is 0.340 e. The van der Waals surface area contributed by atoms with Crippen molar-refractivity contribution >= 4 is 37.1 Å². The van der Waals surface area contributed by atoms with E-state index in [-0.39, 0.29) is 30.9 Å². The number of hydrogen-bond acceptors (Lipinski definition) is 2. The van der Waals surface area contributed by atoms with Crippen LogP contribution in [0.1, 0.15) is 17.2 Å². The highest BCUT2D eigenvalue weighted by molar-refractivity contribution is 5.85. The Morgan fingerprint density at radius 3 is 2.75 bits per heavy atom. The van der Waals surface area contributed by atoms with Gasteiger partial charge in [-0.25, -0.2) is 0 Å². The quantitative estimate of drug-likeness (QED) is 0.693. The van der Waals surface area contributed by atoms with Crippen molar-refractivity contribution in [3.8, 4) is 0 Å². The Bertz CT molecular complexity index is 452. The van der Waals surface area contributed by atoms with Gasteiger partial charge in [-0.05, 0) is 17.2 Å². The third-order valence-corrected chi connectivity index (χ3v) is 2.61. The number of hydrogen-bond donors (Lipinski definition) is 0. The first kappa shape index (κ1) is 12.8. The molecule has 2 nitrogen and oxygen atoms in total. The molecule has 0 bridgehead atoms. The van der Waals surface area contributed by atoms with Crippen molar-refractivity contribution in [2.75, 3.05) is 0 Å². The van der Waals surface area contributed by atoms with Crippen molar-refractivity contribution in [3.63, 3.8) is 0 Å². The van der Waals surface area contributed by atoms with Crippen molar-refractivity contribution in [3.05, 3.63) is 54.0 Å². The molecule has 1 aromatic rings. The molecule has 1 aromatic carbocycles. The molecule has 0 spiro atoms. The molecular formula is C12H12Cl2N2. The van der Waals surface area contributed by atoms with Crippen molar-refractivity contribution in [1.29, 1.82) is 0 Å². The molecule has 4 heteroatoms. The summed E-state index contributed by atoms with van der Waals surface area (Å²) in [6.45, 7) is 0. The summed E-state index contributed by atoms with van der Waals surface area (Å²) in [5, 5.41) is 0. The summed E-state index contributed by atoms with van der Waals surface area (Å²) in [5.74, 6) is 0. The highest BCUT2D eigenvalue weighted by Crippen LogP contribution is 2.30. The van der Waals surface area contributed by atoms with Gasteiger partial charge >= 0.3 is 0 Å². The number of aliphatic imine (C=N–C) groups is 1. The Morgan fingerprint density at radius 2 is 1.88 bits per heavy atom. The van der Waals surface area contributed by atoms with E-state index >= 15 is 0 Å². The number of rotatable bonds is 0. The van der Waals surface area contributed by atoms with Crippen LogP contribution in [-0.4, -0.2) is 11.1 Å². The second kappa shape index (κ2) is 5.19. The van der Waals surface area contributed by atoms with Gasteiger partial charge in [0.05, 0.1) is 6.04 Å². The first-order valence-electron chi connectivity index (χ1n) is 4.70. The van der Waals surface area contributed by atoms with Crippen LogP contribution < -0.4 is 0 Å². The number of benzene rings is 1. The van der Waals surface area contributed by atoms with Gasteiger partial charge in [0.15, 0.2) is 0 Å². The van der Waals surface area contributed by atoms with Crippen LogP contribution in [0.25, 0.3) is 6.08 Å². The zero-order valence-corrected chi connectivity index (χ0v) is 10.1. The molecule has 0 aromatic heterocycles. The standard InChI is InChI=1S/C12H10N2.2ClH/c1-2-4-11-10(3-1)5-7-14-8-6-13-9-12(11)14;;/h1-9,12H;2*1H. The van der Waals surface area contributed by atoms with E-state index in [0.29, 0.717) is 0 Å². The van der Waals surface area contributed by atoms with Gasteiger partial charge in [0, 0.05) is 24.8 Å². The molecule has 16 heavy (non-hydrogen) atoms. The molecular weight excluding hydrogens is 243 g/mol. The topological polar surface area (TPSA) is 15.6 Å². The van der Waals surface area contributed by atoms with Crippen LogP contribution in [-0.2, 0) is 0 Å². The maximum Gasteiger partial charge on any atom is 0.0941 e. The Balaban J connectivity index is 0.000000640. The Hall–Kier alpha value is -1.25. The molecule has 0 radical (unpaired) electrons. The SMILES string of the molecule is C1=CN2C=Cc3ccccc3C2C=N1.Cl.Cl. The molecule has 2 heterocycles. The molecule has 1 unspecified atom stereocenters. The van der Waals surface area contributed by atoms with Gasteiger partial charge in [-0.3, -0.25) is 4.99 Å². The fourth-order valence-electron chi connectivity index (χ4n) is 1.90. The lowest BCUT2D eigenvalue weighted by Crippen LogP contribution is -2.24. The first-order valence-corrected chi connectivity index (χ1v) is 4.70. The smallest absolute Gasteiger partial charge is 0.0941 e. The Labute approximate surface area is 107 Å². The fourth-order valence-corrected chi connectivity index (χ4v) is 1.90. The van der Waals surface area contributed by atoms with E-state index in [1.54, 1.807) is 0 Å². The lowest BCUT2D eigenvalue weighted by atomic mass is 9.97. The maximum absolute atomic E-state index is 4.18. The summed E-state index contributed by atoms with van der Waals surface area (Å²) < 4.78 is 0. The highest BCUT2D eigenvalue weighted by atomic mass is 35.5. The van der Waals surface area contributed by atoms with Gasteiger partial charge in [0.2, 0.25) is 0 Å². The van der Waals surface area contributed by atoms with Gasteiger partial charge < -0.3 is 4.90 Å². The summed E-state index contributed by atoms with van der Waals surface area (Å²) in [6.07, 6.45) is 10.0. The average Bonchev–Trinajstić information content (AvgIpc) is 2.29. The second-order valence-corrected chi connectivity index (χ2v) is 3.43. The Kier molecular flexibility index (Phi) is 4.16. The molecule has 3 rings (SSSR count). The summed E-state index contributed by atoms with van der Waals surface area (Å²) in [4.78, 5) is 6.34. The van der Waals surface area contributed by atoms with Gasteiger partial charge in [-0.2, -0.15) is 0 Å². The number of halogens is 2. The van der Waals surface area contributed by atoms with E-state index in [4.69, 9.17) is 0 Å². The molecule has 0 aliphatic carbocycles. The maximum atomic E-state index is 4.18. The lowest BCUT2D eigenvalue weighted by molar-refractivity contribution is 0.457. The second-order valence-electron chi connectivity index (χ2n) is 3.43. The minimum absolute atomic E-state index is 0. The van der Waals surface area contributed by atoms with Crippen LogP contribution in [0.5, 0.6) is 0 Å². The van der Waals surface area contributed by atoms with Crippen molar-refractivity contribution in [1.82, 2.24) is 4.90 Å². The average molecular weight is 255 g/mol. The van der Waals surface area contributed by atoms with E-state index in [1.807, 2.05) is 18.6 Å². The molecule has 0 fully saturated rings. The third kappa shape index (κ3) is 1.99. The van der Waals surface area contributed by atoms with Crippen LogP contribution in [0, 0.1) is 0 Å². The number of fused-ring (bicyclic) bond motifs is 3. The van der Waals surface area contributed by atoms with E-state index < -0.39 is 0 Å². The summed E-state index contributed by atoms with van der Waals surface area (Å²) in [5.41, 5.74) is 2.61. The summed E-state index contributed by atoms with van der Waals surface area (Å²) in [6, 6.07) is 8.70. The molecule has 1 atom stereocenters. The van der Waals surface area contributed by atoms with E-state index in [9.17, 15) is 0 Å². The monoisotopic (exact) mass is 254 g/mol. The molecule has 0 saturated carbocycles. The zero-order chi connectivity index (χ0) is 9.38. The Morgan fingerprint density at radius 1 is 1.06 bits per heavy atom. The summed E-state index contributed by atoms with van der Waals surface area (Å²) in [7, 11) is 0. The molecule has 0 saturated heterocycles. The van der Waals surface area contributed by atoms with E-state index in [2.05, 4.69) is 46.4 Å². The van der Waals surface area contributed by atoms with Crippen LogP contribution in [0.3, 0.4) is 0 Å². The van der Waals surface area contributed by atoms with Crippen molar-refractivity contribution in [2.24, 2.45) is 4.99 Å². The van der Waals surface area contributed by atoms with Crippen LogP contribution in [0.15, 0.2) is 47.9 Å². The highest BCUT2D eigenvalue weighted by Gasteiger charge is 2.20. The fraction of sp³-hybridized carbons (Fsp3) is 0.0833. The van der Waals surface area contributed by atoms with Gasteiger partial charge in [-0.15, -0.1) is 24.8 Å². The van der Waals surface area contributed by atoms with E-state index in [1.165, 1.54) is 11.1 Å². The third-order valence-electron chi connectivity index (χ3n) is 2.61. The minimum atomic E-state index is 0. The predicted octanol–water partition coefficient (Wildman–Crippen LogP) is 3.41. The van der Waals surface area contributed by atoms with Gasteiger partial charge in [0.25, 0.3) is 0 Å². The molecule has 2 aliphatic heterocycles. The van der Waals surface area contributed by atoms with Crippen LogP contribution in [0.2, 0.25) is 0 Å². The predicted molar refractivity (Wildman–Crippen MR) is 72.2 cm³/mol. The molecule has 0 N–H and O–H groups in total. The van der Waals surface area contributed by atoms with Gasteiger partial charge in [-0.1, -0.05) is 24.3 Å². The minimum Gasteiger partial charge on any atom is -0.340 e. The van der Waals surface area contributed by atoms with Crippen molar-refractivity contribution < 1.29 is 0 Å². The number of nitrogens with zero attached hydrogens (tertiary/aromatic N) is 2.